The summed E-state index contributed by atoms with van der Waals surface area (Å²) < 4.78 is 92.1. The van der Waals surface area contributed by atoms with Crippen molar-refractivity contribution in [1.29, 1.82) is 0 Å². The fourth-order valence-electron chi connectivity index (χ4n) is 2.89. The number of carbonyl (C=O) groups is 1. The third-order valence-corrected chi connectivity index (χ3v) is 7.38. The number of halogens is 6. The summed E-state index contributed by atoms with van der Waals surface area (Å²) in [6, 6.07) is 8.05. The molecule has 0 aliphatic rings. The van der Waals surface area contributed by atoms with Gasteiger partial charge in [0.1, 0.15) is 44.7 Å². The number of hydrogen-bond acceptors (Lipinski definition) is 2. The van der Waals surface area contributed by atoms with E-state index in [1.165, 1.54) is 37.3 Å². The highest BCUT2D eigenvalue weighted by Gasteiger charge is 2.44. The smallest absolute Gasteiger partial charge is 0.316 e. The Morgan fingerprint density at radius 1 is 0.767 bits per heavy atom. The van der Waals surface area contributed by atoms with Crippen LogP contribution < -0.4 is 0 Å². The second-order valence-electron chi connectivity index (χ2n) is 6.08. The minimum absolute atomic E-state index is 0.152. The molecule has 0 atom stereocenters. The minimum atomic E-state index is -4.08. The van der Waals surface area contributed by atoms with Gasteiger partial charge in [-0.15, -0.1) is 0 Å². The standard InChI is InChI=1S/C21H14F6O2S/c1-2-19(28)29-30(14-6-4-3-5-7-14,20-15(24)8-12(22)9-16(20)25)21-17(26)10-13(23)11-18(21)27/h3-11H,2H2,1H3. The van der Waals surface area contributed by atoms with Crippen LogP contribution in [0, 0.1) is 34.9 Å². The van der Waals surface area contributed by atoms with Crippen molar-refractivity contribution in [2.45, 2.75) is 28.0 Å². The van der Waals surface area contributed by atoms with Crippen LogP contribution in [0.5, 0.6) is 0 Å². The first-order chi connectivity index (χ1) is 14.2. The Morgan fingerprint density at radius 2 is 1.17 bits per heavy atom. The van der Waals surface area contributed by atoms with Crippen LogP contribution in [-0.4, -0.2) is 5.97 Å². The summed E-state index contributed by atoms with van der Waals surface area (Å²) in [5.74, 6) is -9.65. The van der Waals surface area contributed by atoms with Gasteiger partial charge in [0, 0.05) is 45.9 Å². The average molecular weight is 444 g/mol. The van der Waals surface area contributed by atoms with Crippen LogP contribution in [-0.2, 0) is 8.98 Å². The maximum absolute atomic E-state index is 14.9. The minimum Gasteiger partial charge on any atom is -0.402 e. The van der Waals surface area contributed by atoms with Gasteiger partial charge in [-0.25, -0.2) is 26.3 Å². The molecule has 0 aromatic heterocycles. The lowest BCUT2D eigenvalue weighted by Crippen LogP contribution is -2.18. The van der Waals surface area contributed by atoms with E-state index in [1.54, 1.807) is 0 Å². The van der Waals surface area contributed by atoms with Crippen molar-refractivity contribution in [1.82, 2.24) is 0 Å². The number of benzene rings is 3. The Kier molecular flexibility index (Phi) is 6.12. The Bertz CT molecular complexity index is 1000. The lowest BCUT2D eigenvalue weighted by atomic mass is 10.3. The molecule has 9 heteroatoms. The van der Waals surface area contributed by atoms with Crippen molar-refractivity contribution in [3.8, 4) is 0 Å². The Morgan fingerprint density at radius 3 is 1.53 bits per heavy atom. The molecular formula is C21H14F6O2S. The first-order valence-corrected chi connectivity index (χ1v) is 10.2. The van der Waals surface area contributed by atoms with Gasteiger partial charge in [0.25, 0.3) is 0 Å². The van der Waals surface area contributed by atoms with Gasteiger partial charge in [-0.3, -0.25) is 4.79 Å². The lowest BCUT2D eigenvalue weighted by Gasteiger charge is -2.40. The van der Waals surface area contributed by atoms with Crippen molar-refractivity contribution < 1.29 is 35.3 Å². The quantitative estimate of drug-likeness (QED) is 0.411. The highest BCUT2D eigenvalue weighted by molar-refractivity contribution is 8.30. The van der Waals surface area contributed by atoms with Gasteiger partial charge in [0.2, 0.25) is 0 Å². The highest BCUT2D eigenvalue weighted by atomic mass is 32.3. The molecule has 0 unspecified atom stereocenters. The van der Waals surface area contributed by atoms with Gasteiger partial charge >= 0.3 is 5.97 Å². The van der Waals surface area contributed by atoms with E-state index in [0.717, 1.165) is 0 Å². The number of carbonyl (C=O) groups excluding carboxylic acids is 1. The molecule has 2 nitrogen and oxygen atoms in total. The summed E-state index contributed by atoms with van der Waals surface area (Å²) in [6.45, 7) is 1.37. The average Bonchev–Trinajstić information content (AvgIpc) is 2.66. The molecular weight excluding hydrogens is 430 g/mol. The van der Waals surface area contributed by atoms with Crippen LogP contribution in [0.15, 0.2) is 69.3 Å². The summed E-state index contributed by atoms with van der Waals surface area (Å²) in [5, 5.41) is 0. The Balaban J connectivity index is 2.55. The largest absolute Gasteiger partial charge is 0.402 e. The van der Waals surface area contributed by atoms with E-state index < -0.39 is 61.0 Å². The fraction of sp³-hybridized carbons (Fsp3) is 0.0952. The Hall–Kier alpha value is -2.94. The van der Waals surface area contributed by atoms with Crippen LogP contribution in [0.3, 0.4) is 0 Å². The fourth-order valence-corrected chi connectivity index (χ4v) is 6.10. The van der Waals surface area contributed by atoms with E-state index in [1.807, 2.05) is 0 Å². The van der Waals surface area contributed by atoms with Gasteiger partial charge in [-0.1, -0.05) is 25.1 Å². The summed E-state index contributed by atoms with van der Waals surface area (Å²) in [5.41, 5.74) is 0. The van der Waals surface area contributed by atoms with Crippen LogP contribution in [0.2, 0.25) is 0 Å². The van der Waals surface area contributed by atoms with Gasteiger partial charge in [-0.2, -0.15) is 0 Å². The summed E-state index contributed by atoms with van der Waals surface area (Å²) in [6.07, 6.45) is -0.295. The van der Waals surface area contributed by atoms with Crippen LogP contribution in [0.4, 0.5) is 26.3 Å². The van der Waals surface area contributed by atoms with Crippen LogP contribution in [0.1, 0.15) is 13.3 Å². The third kappa shape index (κ3) is 3.77. The summed E-state index contributed by atoms with van der Waals surface area (Å²) in [7, 11) is -4.08. The summed E-state index contributed by atoms with van der Waals surface area (Å²) in [4.78, 5) is 10.1. The topological polar surface area (TPSA) is 26.3 Å². The lowest BCUT2D eigenvalue weighted by molar-refractivity contribution is -0.133. The first kappa shape index (κ1) is 21.8. The molecule has 0 saturated heterocycles. The highest BCUT2D eigenvalue weighted by Crippen LogP contribution is 2.71. The van der Waals surface area contributed by atoms with Crippen molar-refractivity contribution in [3.63, 3.8) is 0 Å². The molecule has 3 aromatic carbocycles. The van der Waals surface area contributed by atoms with Gasteiger partial charge in [0.05, 0.1) is 0 Å². The van der Waals surface area contributed by atoms with Gasteiger partial charge in [-0.05, 0) is 12.1 Å². The first-order valence-electron chi connectivity index (χ1n) is 8.60. The van der Waals surface area contributed by atoms with Crippen molar-refractivity contribution in [2.24, 2.45) is 0 Å². The molecule has 0 fully saturated rings. The summed E-state index contributed by atoms with van der Waals surface area (Å²) >= 11 is 0. The maximum Gasteiger partial charge on any atom is 0.316 e. The monoisotopic (exact) mass is 444 g/mol. The van der Waals surface area contributed by atoms with E-state index in [0.29, 0.717) is 24.3 Å². The molecule has 3 rings (SSSR count). The van der Waals surface area contributed by atoms with Crippen molar-refractivity contribution in [3.05, 3.63) is 89.5 Å². The van der Waals surface area contributed by atoms with E-state index in [9.17, 15) is 31.1 Å². The molecule has 0 aliphatic heterocycles. The molecule has 0 amide bonds. The molecule has 158 valence electrons. The third-order valence-electron chi connectivity index (χ3n) is 4.08. The van der Waals surface area contributed by atoms with E-state index in [-0.39, 0.29) is 11.3 Å². The molecule has 0 saturated carbocycles. The zero-order valence-electron chi connectivity index (χ0n) is 15.4. The predicted octanol–water partition coefficient (Wildman–Crippen LogP) is 6.67. The second-order valence-corrected chi connectivity index (χ2v) is 8.64. The SMILES string of the molecule is CCC(=O)OS(c1ccccc1)(c1c(F)cc(F)cc1F)c1c(F)cc(F)cc1F. The maximum atomic E-state index is 14.9. The zero-order valence-corrected chi connectivity index (χ0v) is 16.2. The normalized spacial score (nSPS) is 12.0. The van der Waals surface area contributed by atoms with E-state index in [2.05, 4.69) is 0 Å². The zero-order chi connectivity index (χ0) is 22.1. The molecule has 0 radical (unpaired) electrons. The molecule has 0 spiro atoms. The van der Waals surface area contributed by atoms with Crippen LogP contribution in [0.25, 0.3) is 0 Å². The molecule has 0 N–H and O–H groups in total. The molecule has 30 heavy (non-hydrogen) atoms. The Labute approximate surface area is 169 Å². The molecule has 0 aliphatic carbocycles. The van der Waals surface area contributed by atoms with E-state index in [4.69, 9.17) is 4.18 Å². The second kappa shape index (κ2) is 8.43. The number of hydrogen-bond donors (Lipinski definition) is 0. The van der Waals surface area contributed by atoms with Crippen LogP contribution >= 0.6 is 10.3 Å². The van der Waals surface area contributed by atoms with Crippen molar-refractivity contribution >= 4 is 16.3 Å². The molecule has 3 aromatic rings. The van der Waals surface area contributed by atoms with E-state index >= 15 is 0 Å². The molecule has 0 bridgehead atoms. The predicted molar refractivity (Wildman–Crippen MR) is 97.8 cm³/mol. The number of rotatable bonds is 5. The molecule has 0 heterocycles. The van der Waals surface area contributed by atoms with Crippen molar-refractivity contribution in [2.75, 3.05) is 0 Å². The van der Waals surface area contributed by atoms with Gasteiger partial charge < -0.3 is 4.18 Å². The van der Waals surface area contributed by atoms with Gasteiger partial charge in [0.15, 0.2) is 0 Å².